The van der Waals surface area contributed by atoms with Crippen LogP contribution in [0.15, 0.2) is 24.7 Å². The van der Waals surface area contributed by atoms with Gasteiger partial charge in [0.15, 0.2) is 0 Å². The zero-order chi connectivity index (χ0) is 18.9. The first-order valence-corrected chi connectivity index (χ1v) is 8.99. The van der Waals surface area contributed by atoms with Gasteiger partial charge in [0, 0.05) is 12.2 Å². The van der Waals surface area contributed by atoms with E-state index in [4.69, 9.17) is 0 Å². The quantitative estimate of drug-likeness (QED) is 0.797. The van der Waals surface area contributed by atoms with Gasteiger partial charge in [0.25, 0.3) is 5.91 Å². The number of aromatic nitrogens is 4. The molecule has 0 bridgehead atoms. The average Bonchev–Trinajstić information content (AvgIpc) is 3.39. The number of hydrogen-bond donors (Lipinski definition) is 0. The van der Waals surface area contributed by atoms with Crippen LogP contribution in [-0.2, 0) is 5.54 Å². The second-order valence-corrected chi connectivity index (χ2v) is 7.03. The van der Waals surface area contributed by atoms with Gasteiger partial charge in [-0.05, 0) is 46.1 Å². The third-order valence-electron chi connectivity index (χ3n) is 5.83. The van der Waals surface area contributed by atoms with Gasteiger partial charge >= 0.3 is 0 Å². The number of rotatable bonds is 6. The highest BCUT2D eigenvalue weighted by Crippen LogP contribution is 2.58. The third-order valence-corrected chi connectivity index (χ3v) is 5.83. The molecule has 7 nitrogen and oxygen atoms in total. The first kappa shape index (κ1) is 18.1. The SMILES string of the molecule is CCN(C(=O)c1cnn(C(C)(CC)C2(C#N)CC2)c1C)c1ccnnc1. The molecule has 0 spiro atoms. The summed E-state index contributed by atoms with van der Waals surface area (Å²) in [5.41, 5.74) is 1.24. The summed E-state index contributed by atoms with van der Waals surface area (Å²) >= 11 is 0. The Bertz CT molecular complexity index is 849. The van der Waals surface area contributed by atoms with E-state index in [1.807, 2.05) is 18.5 Å². The summed E-state index contributed by atoms with van der Waals surface area (Å²) in [5, 5.41) is 21.8. The molecule has 1 fully saturated rings. The molecular weight excluding hydrogens is 328 g/mol. The highest BCUT2D eigenvalue weighted by molar-refractivity contribution is 6.06. The van der Waals surface area contributed by atoms with E-state index in [1.54, 1.807) is 29.6 Å². The van der Waals surface area contributed by atoms with Crippen molar-refractivity contribution < 1.29 is 4.79 Å². The van der Waals surface area contributed by atoms with Crippen LogP contribution in [-0.4, -0.2) is 32.4 Å². The first-order chi connectivity index (χ1) is 12.4. The maximum atomic E-state index is 13.1. The van der Waals surface area contributed by atoms with E-state index in [0.717, 1.165) is 25.0 Å². The monoisotopic (exact) mass is 352 g/mol. The molecule has 0 radical (unpaired) electrons. The smallest absolute Gasteiger partial charge is 0.261 e. The molecule has 26 heavy (non-hydrogen) atoms. The Kier molecular flexibility index (Phi) is 4.53. The predicted molar refractivity (Wildman–Crippen MR) is 97.6 cm³/mol. The van der Waals surface area contributed by atoms with E-state index in [0.29, 0.717) is 17.8 Å². The van der Waals surface area contributed by atoms with Gasteiger partial charge in [-0.2, -0.15) is 20.6 Å². The minimum Gasteiger partial charge on any atom is -0.307 e. The summed E-state index contributed by atoms with van der Waals surface area (Å²) in [6.07, 6.45) is 7.30. The number of carbonyl (C=O) groups is 1. The van der Waals surface area contributed by atoms with E-state index in [2.05, 4.69) is 35.2 Å². The lowest BCUT2D eigenvalue weighted by Gasteiger charge is -2.35. The first-order valence-electron chi connectivity index (χ1n) is 8.99. The van der Waals surface area contributed by atoms with Crippen LogP contribution in [0, 0.1) is 23.7 Å². The molecule has 1 amide bonds. The van der Waals surface area contributed by atoms with Crippen LogP contribution in [0.2, 0.25) is 0 Å². The molecule has 7 heteroatoms. The molecule has 1 aliphatic carbocycles. The molecule has 2 aromatic rings. The Morgan fingerprint density at radius 2 is 2.12 bits per heavy atom. The van der Waals surface area contributed by atoms with Gasteiger partial charge in [0.1, 0.15) is 0 Å². The van der Waals surface area contributed by atoms with Crippen LogP contribution in [0.5, 0.6) is 0 Å². The van der Waals surface area contributed by atoms with Crippen LogP contribution in [0.3, 0.4) is 0 Å². The van der Waals surface area contributed by atoms with Crippen LogP contribution in [0.25, 0.3) is 0 Å². The minimum absolute atomic E-state index is 0.121. The molecule has 1 aliphatic rings. The van der Waals surface area contributed by atoms with E-state index in [1.165, 1.54) is 0 Å². The Labute approximate surface area is 153 Å². The van der Waals surface area contributed by atoms with E-state index in [-0.39, 0.29) is 5.91 Å². The number of carbonyl (C=O) groups excluding carboxylic acids is 1. The van der Waals surface area contributed by atoms with Crippen molar-refractivity contribution in [3.8, 4) is 6.07 Å². The lowest BCUT2D eigenvalue weighted by molar-refractivity contribution is 0.0986. The van der Waals surface area contributed by atoms with Gasteiger partial charge in [-0.15, -0.1) is 0 Å². The summed E-state index contributed by atoms with van der Waals surface area (Å²) in [7, 11) is 0. The molecule has 0 aromatic carbocycles. The number of anilines is 1. The molecule has 2 heterocycles. The minimum atomic E-state index is -0.417. The van der Waals surface area contributed by atoms with Gasteiger partial charge in [0.2, 0.25) is 0 Å². The highest BCUT2D eigenvalue weighted by atomic mass is 16.2. The van der Waals surface area contributed by atoms with E-state index >= 15 is 0 Å². The summed E-state index contributed by atoms with van der Waals surface area (Å²) in [4.78, 5) is 14.8. The maximum Gasteiger partial charge on any atom is 0.261 e. The summed E-state index contributed by atoms with van der Waals surface area (Å²) < 4.78 is 1.88. The molecule has 1 unspecified atom stereocenters. The molecule has 0 aliphatic heterocycles. The summed E-state index contributed by atoms with van der Waals surface area (Å²) in [6, 6.07) is 4.26. The average molecular weight is 352 g/mol. The lowest BCUT2D eigenvalue weighted by Crippen LogP contribution is -2.40. The molecule has 1 saturated carbocycles. The number of nitrogens with zero attached hydrogens (tertiary/aromatic N) is 6. The van der Waals surface area contributed by atoms with Gasteiger partial charge in [-0.1, -0.05) is 6.92 Å². The van der Waals surface area contributed by atoms with Crippen molar-refractivity contribution in [3.05, 3.63) is 35.9 Å². The summed E-state index contributed by atoms with van der Waals surface area (Å²) in [6.45, 7) is 8.48. The second kappa shape index (κ2) is 6.52. The van der Waals surface area contributed by atoms with Crippen molar-refractivity contribution in [2.45, 2.75) is 52.5 Å². The second-order valence-electron chi connectivity index (χ2n) is 7.03. The van der Waals surface area contributed by atoms with Gasteiger partial charge in [-0.3, -0.25) is 9.48 Å². The Morgan fingerprint density at radius 3 is 2.62 bits per heavy atom. The zero-order valence-corrected chi connectivity index (χ0v) is 15.7. The maximum absolute atomic E-state index is 13.1. The largest absolute Gasteiger partial charge is 0.307 e. The fraction of sp³-hybridized carbons (Fsp3) is 0.526. The van der Waals surface area contributed by atoms with Crippen molar-refractivity contribution in [2.24, 2.45) is 5.41 Å². The molecular formula is C19H24N6O. The molecule has 1 atom stereocenters. The van der Waals surface area contributed by atoms with Gasteiger partial charge in [0.05, 0.1) is 46.9 Å². The molecule has 3 rings (SSSR count). The number of amides is 1. The van der Waals surface area contributed by atoms with Crippen molar-refractivity contribution in [2.75, 3.05) is 11.4 Å². The van der Waals surface area contributed by atoms with E-state index in [9.17, 15) is 10.1 Å². The topological polar surface area (TPSA) is 87.7 Å². The Balaban J connectivity index is 1.99. The van der Waals surface area contributed by atoms with Crippen molar-refractivity contribution >= 4 is 11.6 Å². The van der Waals surface area contributed by atoms with Gasteiger partial charge in [-0.25, -0.2) is 0 Å². The van der Waals surface area contributed by atoms with Crippen LogP contribution >= 0.6 is 0 Å². The van der Waals surface area contributed by atoms with Crippen LogP contribution < -0.4 is 4.90 Å². The summed E-state index contributed by atoms with van der Waals surface area (Å²) in [5.74, 6) is -0.121. The van der Waals surface area contributed by atoms with Crippen molar-refractivity contribution in [1.82, 2.24) is 20.0 Å². The number of hydrogen-bond acceptors (Lipinski definition) is 5. The van der Waals surface area contributed by atoms with Gasteiger partial charge < -0.3 is 4.90 Å². The predicted octanol–water partition coefficient (Wildman–Crippen LogP) is 3.08. The molecule has 0 saturated heterocycles. The zero-order valence-electron chi connectivity index (χ0n) is 15.7. The molecule has 0 N–H and O–H groups in total. The van der Waals surface area contributed by atoms with E-state index < -0.39 is 11.0 Å². The van der Waals surface area contributed by atoms with Crippen LogP contribution in [0.4, 0.5) is 5.69 Å². The molecule has 136 valence electrons. The molecule has 2 aromatic heterocycles. The van der Waals surface area contributed by atoms with Crippen molar-refractivity contribution in [3.63, 3.8) is 0 Å². The Morgan fingerprint density at radius 1 is 1.38 bits per heavy atom. The normalized spacial score (nSPS) is 17.2. The lowest BCUT2D eigenvalue weighted by atomic mass is 9.81. The highest BCUT2D eigenvalue weighted by Gasteiger charge is 2.58. The fourth-order valence-electron chi connectivity index (χ4n) is 3.74. The number of nitriles is 1. The fourth-order valence-corrected chi connectivity index (χ4v) is 3.74. The van der Waals surface area contributed by atoms with Crippen molar-refractivity contribution in [1.29, 1.82) is 5.26 Å². The Hall–Kier alpha value is -2.75. The standard InChI is InChI=1S/C19H24N6O/c1-5-18(4,19(13-20)8-9-19)25-14(3)16(12-23-25)17(26)24(6-2)15-7-10-21-22-11-15/h7,10-12H,5-6,8-9H2,1-4H3. The van der Waals surface area contributed by atoms with Crippen LogP contribution in [0.1, 0.15) is 56.1 Å². The third kappa shape index (κ3) is 2.57.